The lowest BCUT2D eigenvalue weighted by molar-refractivity contribution is 0.0710. The second-order valence-corrected chi connectivity index (χ2v) is 9.08. The molecule has 37 heavy (non-hydrogen) atoms. The van der Waals surface area contributed by atoms with E-state index in [1.54, 1.807) is 0 Å². The quantitative estimate of drug-likeness (QED) is 0.112. The van der Waals surface area contributed by atoms with E-state index in [2.05, 4.69) is 25.2 Å². The summed E-state index contributed by atoms with van der Waals surface area (Å²) in [6.07, 6.45) is 1.58. The fourth-order valence-electron chi connectivity index (χ4n) is 4.10. The number of H-pyrrole nitrogens is 1. The van der Waals surface area contributed by atoms with E-state index in [0.29, 0.717) is 21.8 Å². The Hall–Kier alpha value is -3.71. The van der Waals surface area contributed by atoms with Crippen molar-refractivity contribution in [2.75, 3.05) is 13.1 Å². The largest absolute Gasteiger partial charge is 0.415 e. The Morgan fingerprint density at radius 3 is 2.19 bits per heavy atom. The van der Waals surface area contributed by atoms with Crippen LogP contribution in [0.15, 0.2) is 29.6 Å². The average molecular weight is 538 g/mol. The number of halogens is 6. The topological polar surface area (TPSA) is 79.9 Å². The van der Waals surface area contributed by atoms with Crippen LogP contribution in [0.1, 0.15) is 34.9 Å². The highest BCUT2D eigenvalue weighted by Crippen LogP contribution is 2.40. The molecule has 1 saturated heterocycles. The Kier molecular flexibility index (Phi) is 6.73. The van der Waals surface area contributed by atoms with E-state index in [-0.39, 0.29) is 5.92 Å². The SMILES string of the molecule is O=C(Oc1c(F)c(F)c(F)c(F)c1F)c1csc(-c2c(-c3ccc(F)cc3)n[nH]c2C2CCNCC2)n1. The number of nitrogens with zero attached hydrogens (tertiary/aromatic N) is 2. The van der Waals surface area contributed by atoms with Crippen molar-refractivity contribution in [2.45, 2.75) is 18.8 Å². The molecule has 1 aliphatic heterocycles. The molecule has 0 atom stereocenters. The third kappa shape index (κ3) is 4.60. The van der Waals surface area contributed by atoms with Crippen LogP contribution in [-0.4, -0.2) is 34.2 Å². The Bertz CT molecular complexity index is 1450. The van der Waals surface area contributed by atoms with Crippen LogP contribution in [0.3, 0.4) is 0 Å². The lowest BCUT2D eigenvalue weighted by Crippen LogP contribution is -2.27. The monoisotopic (exact) mass is 538 g/mol. The highest BCUT2D eigenvalue weighted by Gasteiger charge is 2.31. The molecule has 0 bridgehead atoms. The third-order valence-electron chi connectivity index (χ3n) is 5.95. The van der Waals surface area contributed by atoms with Gasteiger partial charge < -0.3 is 10.1 Å². The Labute approximate surface area is 209 Å². The average Bonchev–Trinajstić information content (AvgIpc) is 3.57. The summed E-state index contributed by atoms with van der Waals surface area (Å²) in [5.74, 6) is -14.9. The van der Waals surface area contributed by atoms with Crippen LogP contribution < -0.4 is 10.1 Å². The molecule has 0 amide bonds. The number of carbonyl (C=O) groups excluding carboxylic acids is 1. The first-order chi connectivity index (χ1) is 17.8. The fraction of sp³-hybridized carbons (Fsp3) is 0.208. The zero-order valence-electron chi connectivity index (χ0n) is 18.7. The first kappa shape index (κ1) is 25.0. The molecule has 0 unspecified atom stereocenters. The van der Waals surface area contributed by atoms with Crippen LogP contribution in [0.25, 0.3) is 21.8 Å². The van der Waals surface area contributed by atoms with Gasteiger partial charge in [-0.05, 0) is 50.2 Å². The number of benzene rings is 2. The molecule has 2 aromatic carbocycles. The highest BCUT2D eigenvalue weighted by molar-refractivity contribution is 7.13. The van der Waals surface area contributed by atoms with E-state index in [1.807, 2.05) is 0 Å². The van der Waals surface area contributed by atoms with Crippen LogP contribution in [-0.2, 0) is 0 Å². The van der Waals surface area contributed by atoms with Crippen molar-refractivity contribution in [3.8, 4) is 27.6 Å². The van der Waals surface area contributed by atoms with Gasteiger partial charge in [-0.25, -0.2) is 27.3 Å². The maximum Gasteiger partial charge on any atom is 0.363 e. The van der Waals surface area contributed by atoms with Gasteiger partial charge in [0.1, 0.15) is 16.5 Å². The zero-order valence-corrected chi connectivity index (χ0v) is 19.5. The molecule has 0 radical (unpaired) electrons. The Balaban J connectivity index is 1.52. The second kappa shape index (κ2) is 9.98. The summed E-state index contributed by atoms with van der Waals surface area (Å²) in [4.78, 5) is 16.8. The van der Waals surface area contributed by atoms with Crippen LogP contribution in [0.2, 0.25) is 0 Å². The molecule has 2 aromatic heterocycles. The molecule has 5 rings (SSSR count). The van der Waals surface area contributed by atoms with Crippen LogP contribution in [0, 0.1) is 34.9 Å². The van der Waals surface area contributed by atoms with Crippen molar-refractivity contribution in [1.82, 2.24) is 20.5 Å². The predicted octanol–water partition coefficient (Wildman–Crippen LogP) is 5.72. The fourth-order valence-corrected chi connectivity index (χ4v) is 4.94. The van der Waals surface area contributed by atoms with Gasteiger partial charge in [0, 0.05) is 22.6 Å². The number of aromatic amines is 1. The molecule has 0 saturated carbocycles. The van der Waals surface area contributed by atoms with Gasteiger partial charge in [-0.15, -0.1) is 11.3 Å². The van der Waals surface area contributed by atoms with Crippen molar-refractivity contribution in [3.05, 3.63) is 75.9 Å². The molecule has 2 N–H and O–H groups in total. The number of hydrogen-bond acceptors (Lipinski definition) is 6. The van der Waals surface area contributed by atoms with Crippen molar-refractivity contribution in [1.29, 1.82) is 0 Å². The Morgan fingerprint density at radius 2 is 1.54 bits per heavy atom. The van der Waals surface area contributed by atoms with E-state index in [9.17, 15) is 31.1 Å². The summed E-state index contributed by atoms with van der Waals surface area (Å²) in [5.41, 5.74) is 1.91. The lowest BCUT2D eigenvalue weighted by atomic mass is 9.91. The number of ether oxygens (including phenoxy) is 1. The summed E-state index contributed by atoms with van der Waals surface area (Å²) in [7, 11) is 0. The summed E-state index contributed by atoms with van der Waals surface area (Å²) in [6, 6.07) is 5.61. The maximum atomic E-state index is 14.0. The highest BCUT2D eigenvalue weighted by atomic mass is 32.1. The smallest absolute Gasteiger partial charge is 0.363 e. The number of nitrogens with one attached hydrogen (secondary N) is 2. The molecule has 0 spiro atoms. The van der Waals surface area contributed by atoms with E-state index >= 15 is 0 Å². The maximum absolute atomic E-state index is 14.0. The number of aromatic nitrogens is 3. The third-order valence-corrected chi connectivity index (χ3v) is 6.81. The van der Waals surface area contributed by atoms with E-state index in [0.717, 1.165) is 43.0 Å². The second-order valence-electron chi connectivity index (χ2n) is 8.22. The van der Waals surface area contributed by atoms with Gasteiger partial charge in [0.05, 0.1) is 5.56 Å². The first-order valence-corrected chi connectivity index (χ1v) is 11.9. The minimum absolute atomic E-state index is 0.0746. The molecule has 1 aliphatic rings. The minimum atomic E-state index is -2.37. The van der Waals surface area contributed by atoms with Gasteiger partial charge in [0.15, 0.2) is 5.69 Å². The van der Waals surface area contributed by atoms with Gasteiger partial charge in [-0.3, -0.25) is 5.10 Å². The zero-order chi connectivity index (χ0) is 26.3. The minimum Gasteiger partial charge on any atom is -0.415 e. The number of carbonyl (C=O) groups is 1. The first-order valence-electron chi connectivity index (χ1n) is 11.0. The van der Waals surface area contributed by atoms with Crippen molar-refractivity contribution in [3.63, 3.8) is 0 Å². The molecule has 3 heterocycles. The van der Waals surface area contributed by atoms with Gasteiger partial charge in [-0.1, -0.05) is 0 Å². The molecule has 6 nitrogen and oxygen atoms in total. The van der Waals surface area contributed by atoms with Crippen molar-refractivity contribution in [2.24, 2.45) is 0 Å². The standard InChI is InChI=1S/C24H16F6N4O2S/c25-12-3-1-10(2-4-12)20-14(21(34-33-20)11-5-7-31-8-6-11)23-32-13(9-37-23)24(35)36-22-18(29)16(27)15(26)17(28)19(22)30/h1-4,9,11,31H,5-8H2,(H,33,34). The molecular weight excluding hydrogens is 522 g/mol. The number of thiazole rings is 1. The van der Waals surface area contributed by atoms with Gasteiger partial charge in [0.2, 0.25) is 34.8 Å². The number of rotatable bonds is 5. The van der Waals surface area contributed by atoms with E-state index in [1.165, 1.54) is 29.6 Å². The number of piperidine rings is 1. The molecular formula is C24H16F6N4O2S. The normalized spacial score (nSPS) is 14.2. The predicted molar refractivity (Wildman–Crippen MR) is 121 cm³/mol. The van der Waals surface area contributed by atoms with Crippen LogP contribution in [0.4, 0.5) is 26.3 Å². The summed E-state index contributed by atoms with van der Waals surface area (Å²) in [6.45, 7) is 1.54. The summed E-state index contributed by atoms with van der Waals surface area (Å²) in [5, 5.41) is 12.2. The van der Waals surface area contributed by atoms with Gasteiger partial charge >= 0.3 is 5.97 Å². The summed E-state index contributed by atoms with van der Waals surface area (Å²) >= 11 is 0.996. The lowest BCUT2D eigenvalue weighted by Gasteiger charge is -2.22. The molecule has 13 heteroatoms. The Morgan fingerprint density at radius 1 is 0.919 bits per heavy atom. The molecule has 4 aromatic rings. The number of hydrogen-bond donors (Lipinski definition) is 2. The van der Waals surface area contributed by atoms with E-state index < -0.39 is 52.3 Å². The molecule has 0 aliphatic carbocycles. The van der Waals surface area contributed by atoms with Gasteiger partial charge in [0.25, 0.3) is 0 Å². The van der Waals surface area contributed by atoms with Crippen LogP contribution in [0.5, 0.6) is 5.75 Å². The summed E-state index contributed by atoms with van der Waals surface area (Å²) < 4.78 is 86.3. The van der Waals surface area contributed by atoms with Crippen molar-refractivity contribution >= 4 is 17.3 Å². The molecule has 192 valence electrons. The van der Waals surface area contributed by atoms with E-state index in [4.69, 9.17) is 0 Å². The number of esters is 1. The van der Waals surface area contributed by atoms with Gasteiger partial charge in [-0.2, -0.15) is 13.9 Å². The molecule has 1 fully saturated rings. The van der Waals surface area contributed by atoms with Crippen molar-refractivity contribution < 1.29 is 35.9 Å². The van der Waals surface area contributed by atoms with Crippen LogP contribution >= 0.6 is 11.3 Å².